The smallest absolute Gasteiger partial charge is 0.306 e. The van der Waals surface area contributed by atoms with Crippen LogP contribution in [0.25, 0.3) is 0 Å². The Morgan fingerprint density at radius 2 is 1.45 bits per heavy atom. The summed E-state index contributed by atoms with van der Waals surface area (Å²) in [5.41, 5.74) is 2.83. The van der Waals surface area contributed by atoms with Crippen molar-refractivity contribution >= 4 is 23.5 Å². The molecule has 0 heterocycles. The van der Waals surface area contributed by atoms with Crippen molar-refractivity contribution in [2.24, 2.45) is 0 Å². The summed E-state index contributed by atoms with van der Waals surface area (Å²) >= 11 is 0. The molecular weight excluding hydrogens is 416 g/mol. The quantitative estimate of drug-likeness (QED) is 0.445. The number of para-hydroxylation sites is 1. The van der Waals surface area contributed by atoms with Gasteiger partial charge in [0.1, 0.15) is 0 Å². The van der Waals surface area contributed by atoms with Crippen LogP contribution < -0.4 is 10.6 Å². The molecule has 2 amide bonds. The summed E-state index contributed by atoms with van der Waals surface area (Å²) < 4.78 is 5.21. The summed E-state index contributed by atoms with van der Waals surface area (Å²) in [4.78, 5) is 37.1. The van der Waals surface area contributed by atoms with Crippen LogP contribution in [0.5, 0.6) is 0 Å². The molecule has 0 aliphatic heterocycles. The minimum Gasteiger partial charge on any atom is -0.465 e. The van der Waals surface area contributed by atoms with Gasteiger partial charge in [-0.3, -0.25) is 14.4 Å². The number of ether oxygens (including phenoxy) is 1. The average molecular weight is 445 g/mol. The van der Waals surface area contributed by atoms with E-state index in [9.17, 15) is 14.4 Å². The number of benzene rings is 3. The molecule has 0 radical (unpaired) electrons. The van der Waals surface area contributed by atoms with Gasteiger partial charge in [-0.1, -0.05) is 72.8 Å². The third-order valence-corrected chi connectivity index (χ3v) is 5.15. The minimum atomic E-state index is -0.427. The van der Waals surface area contributed by atoms with Gasteiger partial charge in [-0.15, -0.1) is 0 Å². The molecule has 170 valence electrons. The monoisotopic (exact) mass is 444 g/mol. The maximum atomic E-state index is 12.8. The van der Waals surface area contributed by atoms with Crippen LogP contribution in [0.15, 0.2) is 84.9 Å². The highest BCUT2D eigenvalue weighted by atomic mass is 16.5. The Morgan fingerprint density at radius 1 is 0.818 bits per heavy atom. The molecule has 33 heavy (non-hydrogen) atoms. The van der Waals surface area contributed by atoms with Gasteiger partial charge in [0.25, 0.3) is 5.91 Å². The molecule has 0 spiro atoms. The molecule has 0 aliphatic rings. The van der Waals surface area contributed by atoms with Crippen molar-refractivity contribution in [3.05, 3.63) is 102 Å². The number of nitrogens with one attached hydrogen (secondary N) is 2. The Hall–Kier alpha value is -3.93. The highest BCUT2D eigenvalue weighted by Gasteiger charge is 2.16. The molecule has 2 N–H and O–H groups in total. The SMILES string of the molecule is CC(NC(=O)c1ccccc1NC(=O)CCC(=O)OCCc1ccccc1)c1ccccc1. The van der Waals surface area contributed by atoms with E-state index in [1.807, 2.05) is 67.6 Å². The van der Waals surface area contributed by atoms with Crippen molar-refractivity contribution in [3.8, 4) is 0 Å². The number of carbonyl (C=O) groups excluding carboxylic acids is 3. The molecule has 6 nitrogen and oxygen atoms in total. The van der Waals surface area contributed by atoms with E-state index in [0.717, 1.165) is 11.1 Å². The summed E-state index contributed by atoms with van der Waals surface area (Å²) in [7, 11) is 0. The topological polar surface area (TPSA) is 84.5 Å². The molecule has 0 aromatic heterocycles. The summed E-state index contributed by atoms with van der Waals surface area (Å²) in [6.07, 6.45) is 0.573. The highest BCUT2D eigenvalue weighted by Crippen LogP contribution is 2.18. The molecule has 3 aromatic carbocycles. The lowest BCUT2D eigenvalue weighted by molar-refractivity contribution is -0.144. The third kappa shape index (κ3) is 7.61. The van der Waals surface area contributed by atoms with Gasteiger partial charge >= 0.3 is 5.97 Å². The van der Waals surface area contributed by atoms with Crippen molar-refractivity contribution in [1.29, 1.82) is 0 Å². The van der Waals surface area contributed by atoms with Crippen LogP contribution in [0.2, 0.25) is 0 Å². The molecule has 0 fully saturated rings. The lowest BCUT2D eigenvalue weighted by Crippen LogP contribution is -2.28. The van der Waals surface area contributed by atoms with Crippen LogP contribution in [0.3, 0.4) is 0 Å². The Bertz CT molecular complexity index is 1070. The number of esters is 1. The normalized spacial score (nSPS) is 11.3. The minimum absolute atomic E-state index is 0.0272. The second-order valence-corrected chi connectivity index (χ2v) is 7.66. The molecule has 1 unspecified atom stereocenters. The molecule has 0 saturated carbocycles. The fraction of sp³-hybridized carbons (Fsp3) is 0.222. The van der Waals surface area contributed by atoms with E-state index in [1.165, 1.54) is 0 Å². The Labute approximate surface area is 194 Å². The van der Waals surface area contributed by atoms with Gasteiger partial charge in [0.05, 0.1) is 30.3 Å². The molecule has 0 bridgehead atoms. The summed E-state index contributed by atoms with van der Waals surface area (Å²) in [5, 5.41) is 5.68. The summed E-state index contributed by atoms with van der Waals surface area (Å²) in [5.74, 6) is -1.07. The highest BCUT2D eigenvalue weighted by molar-refractivity contribution is 6.04. The number of hydrogen-bond acceptors (Lipinski definition) is 4. The Balaban J connectivity index is 1.47. The van der Waals surface area contributed by atoms with Gasteiger partial charge in [-0.25, -0.2) is 0 Å². The predicted octanol–water partition coefficient (Wildman–Crippen LogP) is 4.68. The van der Waals surface area contributed by atoms with Crippen molar-refractivity contribution in [2.45, 2.75) is 32.2 Å². The van der Waals surface area contributed by atoms with Gasteiger partial charge in [-0.2, -0.15) is 0 Å². The number of carbonyl (C=O) groups is 3. The van der Waals surface area contributed by atoms with Crippen molar-refractivity contribution in [2.75, 3.05) is 11.9 Å². The molecule has 6 heteroatoms. The maximum Gasteiger partial charge on any atom is 0.306 e. The molecular formula is C27H28N2O4. The van der Waals surface area contributed by atoms with Gasteiger partial charge in [0.2, 0.25) is 5.91 Å². The van der Waals surface area contributed by atoms with Crippen LogP contribution in [-0.2, 0) is 20.7 Å². The number of hydrogen-bond donors (Lipinski definition) is 2. The lowest BCUT2D eigenvalue weighted by atomic mass is 10.1. The Morgan fingerprint density at radius 3 is 2.18 bits per heavy atom. The van der Waals surface area contributed by atoms with E-state index in [4.69, 9.17) is 4.74 Å². The zero-order chi connectivity index (χ0) is 23.5. The zero-order valence-corrected chi connectivity index (χ0v) is 18.6. The van der Waals surface area contributed by atoms with Gasteiger partial charge in [-0.05, 0) is 30.2 Å². The van der Waals surface area contributed by atoms with E-state index in [1.54, 1.807) is 24.3 Å². The largest absolute Gasteiger partial charge is 0.465 e. The van der Waals surface area contributed by atoms with Gasteiger partial charge in [0, 0.05) is 12.8 Å². The molecule has 0 saturated heterocycles. The van der Waals surface area contributed by atoms with E-state index in [2.05, 4.69) is 10.6 Å². The number of rotatable bonds is 10. The molecule has 3 aromatic rings. The second kappa shape index (κ2) is 12.2. The second-order valence-electron chi connectivity index (χ2n) is 7.66. The number of anilines is 1. The molecule has 0 aliphatic carbocycles. The van der Waals surface area contributed by atoms with Crippen LogP contribution in [0.1, 0.15) is 47.3 Å². The van der Waals surface area contributed by atoms with E-state index in [0.29, 0.717) is 17.7 Å². The maximum absolute atomic E-state index is 12.8. The third-order valence-electron chi connectivity index (χ3n) is 5.15. The fourth-order valence-corrected chi connectivity index (χ4v) is 3.32. The number of amides is 2. The molecule has 1 atom stereocenters. The first-order valence-electron chi connectivity index (χ1n) is 11.0. The zero-order valence-electron chi connectivity index (χ0n) is 18.6. The van der Waals surface area contributed by atoms with Crippen LogP contribution in [0.4, 0.5) is 5.69 Å². The van der Waals surface area contributed by atoms with Crippen molar-refractivity contribution in [1.82, 2.24) is 5.32 Å². The summed E-state index contributed by atoms with van der Waals surface area (Å²) in [6, 6.07) is 26.0. The van der Waals surface area contributed by atoms with E-state index in [-0.39, 0.29) is 37.3 Å². The van der Waals surface area contributed by atoms with Crippen LogP contribution in [-0.4, -0.2) is 24.4 Å². The summed E-state index contributed by atoms with van der Waals surface area (Å²) in [6.45, 7) is 2.17. The van der Waals surface area contributed by atoms with Gasteiger partial charge in [0.15, 0.2) is 0 Å². The molecule has 3 rings (SSSR count). The predicted molar refractivity (Wildman–Crippen MR) is 128 cm³/mol. The van der Waals surface area contributed by atoms with E-state index < -0.39 is 5.97 Å². The van der Waals surface area contributed by atoms with Gasteiger partial charge < -0.3 is 15.4 Å². The lowest BCUT2D eigenvalue weighted by Gasteiger charge is -2.16. The first-order valence-corrected chi connectivity index (χ1v) is 11.0. The first kappa shape index (κ1) is 23.7. The fourth-order valence-electron chi connectivity index (χ4n) is 3.32. The first-order chi connectivity index (χ1) is 16.0. The van der Waals surface area contributed by atoms with E-state index >= 15 is 0 Å². The van der Waals surface area contributed by atoms with Crippen LogP contribution in [0, 0.1) is 0 Å². The Kier molecular flexibility index (Phi) is 8.77. The average Bonchev–Trinajstić information content (AvgIpc) is 2.84. The van der Waals surface area contributed by atoms with Crippen molar-refractivity contribution in [3.63, 3.8) is 0 Å². The van der Waals surface area contributed by atoms with Crippen LogP contribution >= 0.6 is 0 Å². The van der Waals surface area contributed by atoms with Crippen molar-refractivity contribution < 1.29 is 19.1 Å². The standard InChI is InChI=1S/C27H28N2O4/c1-20(22-12-6-3-7-13-22)28-27(32)23-14-8-9-15-24(23)29-25(30)16-17-26(31)33-19-18-21-10-4-2-5-11-21/h2-15,20H,16-19H2,1H3,(H,28,32)(H,29,30).